The van der Waals surface area contributed by atoms with E-state index in [0.717, 1.165) is 39.8 Å². The van der Waals surface area contributed by atoms with Gasteiger partial charge in [0.25, 0.3) is 0 Å². The Morgan fingerprint density at radius 2 is 0.897 bits per heavy atom. The Balaban J connectivity index is 1.22. The van der Waals surface area contributed by atoms with Gasteiger partial charge < -0.3 is 14.4 Å². The molecule has 0 saturated heterocycles. The van der Waals surface area contributed by atoms with Crippen LogP contribution in [0.4, 0.5) is 34.1 Å². The van der Waals surface area contributed by atoms with Gasteiger partial charge in [0.05, 0.1) is 21.4 Å². The molecule has 0 atom stereocenters. The van der Waals surface area contributed by atoms with Crippen LogP contribution in [0.2, 0.25) is 0 Å². The number of hydrogen-bond acceptors (Lipinski definition) is 3. The van der Waals surface area contributed by atoms with E-state index in [1.54, 1.807) is 0 Å². The topological polar surface area (TPSA) is 11.4 Å². The monoisotopic (exact) mass is 759 g/mol. The highest BCUT2D eigenvalue weighted by Gasteiger charge is 2.24. The number of hydrogen-bond donors (Lipinski definition) is 0. The first-order valence-corrected chi connectivity index (χ1v) is 20.5. The third-order valence-corrected chi connectivity index (χ3v) is 12.3. The van der Waals surface area contributed by atoms with Gasteiger partial charge in [-0.15, -0.1) is 11.3 Å². The van der Waals surface area contributed by atoms with E-state index in [2.05, 4.69) is 239 Å². The van der Waals surface area contributed by atoms with Crippen LogP contribution in [-0.4, -0.2) is 4.57 Å². The summed E-state index contributed by atoms with van der Waals surface area (Å²) in [5.41, 5.74) is 12.6. The van der Waals surface area contributed by atoms with Crippen molar-refractivity contribution < 1.29 is 0 Å². The number of benzene rings is 9. The summed E-state index contributed by atoms with van der Waals surface area (Å²) in [5.74, 6) is 0. The number of nitrogens with zero attached hydrogens (tertiary/aromatic N) is 3. The molecule has 2 heterocycles. The van der Waals surface area contributed by atoms with Crippen LogP contribution in [0.3, 0.4) is 0 Å². The van der Waals surface area contributed by atoms with E-state index in [-0.39, 0.29) is 0 Å². The molecule has 0 amide bonds. The zero-order valence-electron chi connectivity index (χ0n) is 31.6. The number of thiophene rings is 1. The largest absolute Gasteiger partial charge is 0.310 e. The fraction of sp³-hybridized carbons (Fsp3) is 0. The van der Waals surface area contributed by atoms with Gasteiger partial charge >= 0.3 is 0 Å². The van der Waals surface area contributed by atoms with E-state index in [9.17, 15) is 0 Å². The minimum atomic E-state index is 1.09. The van der Waals surface area contributed by atoms with Crippen molar-refractivity contribution in [2.75, 3.05) is 9.80 Å². The van der Waals surface area contributed by atoms with Gasteiger partial charge in [0, 0.05) is 60.4 Å². The molecule has 0 bridgehead atoms. The highest BCUT2D eigenvalue weighted by atomic mass is 32.1. The van der Waals surface area contributed by atoms with E-state index in [1.165, 1.54) is 53.1 Å². The first-order valence-electron chi connectivity index (χ1n) is 19.7. The van der Waals surface area contributed by atoms with E-state index in [0.29, 0.717) is 0 Å². The van der Waals surface area contributed by atoms with Crippen LogP contribution in [0.1, 0.15) is 0 Å². The Labute approximate surface area is 341 Å². The molecule has 9 aromatic carbocycles. The molecule has 3 nitrogen and oxygen atoms in total. The lowest BCUT2D eigenvalue weighted by atomic mass is 9.97. The van der Waals surface area contributed by atoms with Crippen molar-refractivity contribution in [3.05, 3.63) is 224 Å². The standard InChI is InChI=1S/C54H37N3S/c1-6-19-39(20-7-1)55(40-21-8-2-9-22-40)44-36-48-53-45(38-33-34-47-46-29-16-17-31-49(46)57(50(47)35-38)43-27-14-5-15-28-43)30-18-32-52(53)58-54(48)51(37-44)56(41-23-10-3-11-24-41)42-25-12-4-13-26-42/h1-37H. The molecule has 0 radical (unpaired) electrons. The maximum Gasteiger partial charge on any atom is 0.0661 e. The Morgan fingerprint density at radius 1 is 0.362 bits per heavy atom. The smallest absolute Gasteiger partial charge is 0.0661 e. The average molecular weight is 760 g/mol. The summed E-state index contributed by atoms with van der Waals surface area (Å²) >= 11 is 1.87. The van der Waals surface area contributed by atoms with Gasteiger partial charge in [-0.05, 0) is 102 Å². The van der Waals surface area contributed by atoms with Gasteiger partial charge in [-0.25, -0.2) is 0 Å². The van der Waals surface area contributed by atoms with Gasteiger partial charge in [-0.3, -0.25) is 0 Å². The maximum atomic E-state index is 2.42. The molecule has 0 N–H and O–H groups in total. The molecule has 274 valence electrons. The predicted octanol–water partition coefficient (Wildman–Crippen LogP) is 15.8. The van der Waals surface area contributed by atoms with E-state index in [1.807, 2.05) is 11.3 Å². The lowest BCUT2D eigenvalue weighted by molar-refractivity contribution is 1.18. The SMILES string of the molecule is c1ccc(N(c2ccccc2)c2cc(N(c3ccccc3)c3ccccc3)c3sc4cccc(-c5ccc6c7ccccc7n(-c7ccccc7)c6c5)c4c3c2)cc1. The second-order valence-electron chi connectivity index (χ2n) is 14.6. The summed E-state index contributed by atoms with van der Waals surface area (Å²) in [5, 5.41) is 4.98. The molecule has 4 heteroatoms. The number of fused-ring (bicyclic) bond motifs is 6. The summed E-state index contributed by atoms with van der Waals surface area (Å²) in [6.45, 7) is 0. The number of aromatic nitrogens is 1. The van der Waals surface area contributed by atoms with Gasteiger partial charge in [0.15, 0.2) is 0 Å². The van der Waals surface area contributed by atoms with E-state index < -0.39 is 0 Å². The molecule has 0 aliphatic carbocycles. The minimum absolute atomic E-state index is 1.09. The van der Waals surface area contributed by atoms with E-state index >= 15 is 0 Å². The molecule has 2 aromatic heterocycles. The highest BCUT2D eigenvalue weighted by Crippen LogP contribution is 2.51. The summed E-state index contributed by atoms with van der Waals surface area (Å²) in [4.78, 5) is 4.80. The van der Waals surface area contributed by atoms with Crippen LogP contribution in [0, 0.1) is 0 Å². The third-order valence-electron chi connectivity index (χ3n) is 11.1. The Bertz CT molecular complexity index is 3130. The lowest BCUT2D eigenvalue weighted by Gasteiger charge is -2.30. The summed E-state index contributed by atoms with van der Waals surface area (Å²) in [7, 11) is 0. The number of anilines is 6. The molecule has 0 aliphatic rings. The van der Waals surface area contributed by atoms with Crippen LogP contribution in [0.15, 0.2) is 224 Å². The average Bonchev–Trinajstić information content (AvgIpc) is 3.84. The Morgan fingerprint density at radius 3 is 1.52 bits per heavy atom. The van der Waals surface area contributed by atoms with Crippen molar-refractivity contribution in [1.82, 2.24) is 4.57 Å². The van der Waals surface area contributed by atoms with Gasteiger partial charge in [-0.2, -0.15) is 0 Å². The second kappa shape index (κ2) is 14.3. The zero-order chi connectivity index (χ0) is 38.4. The molecular formula is C54H37N3S. The molecule has 0 fully saturated rings. The van der Waals surface area contributed by atoms with Crippen molar-refractivity contribution in [3.63, 3.8) is 0 Å². The van der Waals surface area contributed by atoms with E-state index in [4.69, 9.17) is 0 Å². The van der Waals surface area contributed by atoms with Crippen LogP contribution in [0.25, 0.3) is 58.8 Å². The van der Waals surface area contributed by atoms with Crippen LogP contribution in [0.5, 0.6) is 0 Å². The molecule has 11 aromatic rings. The van der Waals surface area contributed by atoms with Gasteiger partial charge in [-0.1, -0.05) is 133 Å². The first kappa shape index (κ1) is 33.9. The lowest BCUT2D eigenvalue weighted by Crippen LogP contribution is -2.13. The van der Waals surface area contributed by atoms with Crippen molar-refractivity contribution in [3.8, 4) is 16.8 Å². The normalized spacial score (nSPS) is 11.4. The van der Waals surface area contributed by atoms with Crippen molar-refractivity contribution in [2.24, 2.45) is 0 Å². The quantitative estimate of drug-likeness (QED) is 0.153. The van der Waals surface area contributed by atoms with Gasteiger partial charge in [0.2, 0.25) is 0 Å². The first-order chi connectivity index (χ1) is 28.8. The molecule has 0 saturated carbocycles. The highest BCUT2D eigenvalue weighted by molar-refractivity contribution is 7.26. The fourth-order valence-corrected chi connectivity index (χ4v) is 9.82. The molecule has 11 rings (SSSR count). The summed E-state index contributed by atoms with van der Waals surface area (Å²) in [6, 6.07) is 81.0. The molecule has 0 aliphatic heterocycles. The number of rotatable bonds is 8. The Hall–Kier alpha value is -7.40. The molecular weight excluding hydrogens is 723 g/mol. The zero-order valence-corrected chi connectivity index (χ0v) is 32.4. The summed E-state index contributed by atoms with van der Waals surface area (Å²) in [6.07, 6.45) is 0. The second-order valence-corrected chi connectivity index (χ2v) is 15.6. The molecule has 0 unspecified atom stereocenters. The minimum Gasteiger partial charge on any atom is -0.310 e. The van der Waals surface area contributed by atoms with Gasteiger partial charge in [0.1, 0.15) is 0 Å². The van der Waals surface area contributed by atoms with Crippen molar-refractivity contribution in [1.29, 1.82) is 0 Å². The third kappa shape index (κ3) is 5.73. The molecule has 58 heavy (non-hydrogen) atoms. The number of para-hydroxylation sites is 6. The van der Waals surface area contributed by atoms with Crippen LogP contribution in [-0.2, 0) is 0 Å². The van der Waals surface area contributed by atoms with Crippen molar-refractivity contribution >= 4 is 87.4 Å². The fourth-order valence-electron chi connectivity index (χ4n) is 8.61. The van der Waals surface area contributed by atoms with Crippen LogP contribution >= 0.6 is 11.3 Å². The summed E-state index contributed by atoms with van der Waals surface area (Å²) < 4.78 is 4.90. The molecule has 0 spiro atoms. The predicted molar refractivity (Wildman–Crippen MR) is 248 cm³/mol. The van der Waals surface area contributed by atoms with Crippen LogP contribution < -0.4 is 9.80 Å². The Kier molecular flexibility index (Phi) is 8.34. The maximum absolute atomic E-state index is 2.42. The van der Waals surface area contributed by atoms with Crippen molar-refractivity contribution in [2.45, 2.75) is 0 Å².